The number of hydrogen-bond donors (Lipinski definition) is 0. The molecule has 1 aliphatic heterocycles. The molecule has 0 bridgehead atoms. The van der Waals surface area contributed by atoms with Gasteiger partial charge in [0.2, 0.25) is 0 Å². The van der Waals surface area contributed by atoms with Gasteiger partial charge in [0.1, 0.15) is 11.3 Å². The summed E-state index contributed by atoms with van der Waals surface area (Å²) in [6.45, 7) is 3.01. The summed E-state index contributed by atoms with van der Waals surface area (Å²) in [6.07, 6.45) is 6.37. The zero-order valence-electron chi connectivity index (χ0n) is 20.5. The van der Waals surface area contributed by atoms with E-state index < -0.39 is 5.54 Å². The minimum atomic E-state index is -0.554. The molecule has 1 atom stereocenters. The summed E-state index contributed by atoms with van der Waals surface area (Å²) in [5.41, 5.74) is 6.57. The van der Waals surface area contributed by atoms with Gasteiger partial charge in [-0.3, -0.25) is 0 Å². The van der Waals surface area contributed by atoms with Crippen molar-refractivity contribution in [3.8, 4) is 5.75 Å². The van der Waals surface area contributed by atoms with E-state index in [1.807, 2.05) is 6.33 Å². The Bertz CT molecular complexity index is 1340. The number of aromatic nitrogens is 2. The second-order valence-electron chi connectivity index (χ2n) is 9.52. The molecule has 3 nitrogen and oxygen atoms in total. The summed E-state index contributed by atoms with van der Waals surface area (Å²) in [4.78, 5) is 4.99. The largest absolute Gasteiger partial charge is 0.493 e. The first kappa shape index (κ1) is 22.4. The van der Waals surface area contributed by atoms with Gasteiger partial charge in [0.15, 0.2) is 0 Å². The molecule has 0 aliphatic carbocycles. The third-order valence-electron chi connectivity index (χ3n) is 7.44. The van der Waals surface area contributed by atoms with E-state index in [0.29, 0.717) is 0 Å². The zero-order chi connectivity index (χ0) is 24.4. The molecule has 0 saturated carbocycles. The normalized spacial score (nSPS) is 14.0. The lowest BCUT2D eigenvalue weighted by Gasteiger charge is -2.37. The fourth-order valence-electron chi connectivity index (χ4n) is 5.65. The van der Waals surface area contributed by atoms with Crippen LogP contribution in [0.3, 0.4) is 0 Å². The molecule has 0 fully saturated rings. The first-order chi connectivity index (χ1) is 17.8. The second-order valence-corrected chi connectivity index (χ2v) is 9.52. The van der Waals surface area contributed by atoms with Gasteiger partial charge in [-0.2, -0.15) is 0 Å². The lowest BCUT2D eigenvalue weighted by molar-refractivity contribution is 0.284. The molecule has 36 heavy (non-hydrogen) atoms. The van der Waals surface area contributed by atoms with Crippen molar-refractivity contribution >= 4 is 0 Å². The maximum Gasteiger partial charge on any atom is 0.126 e. The molecule has 1 aliphatic rings. The van der Waals surface area contributed by atoms with Gasteiger partial charge in [0, 0.05) is 17.7 Å². The van der Waals surface area contributed by atoms with Crippen molar-refractivity contribution in [1.29, 1.82) is 0 Å². The van der Waals surface area contributed by atoms with Gasteiger partial charge in [-0.1, -0.05) is 116 Å². The molecule has 3 heteroatoms. The molecule has 1 aromatic heterocycles. The van der Waals surface area contributed by atoms with Crippen molar-refractivity contribution in [2.45, 2.75) is 31.2 Å². The van der Waals surface area contributed by atoms with E-state index in [1.165, 1.54) is 27.8 Å². The van der Waals surface area contributed by atoms with Crippen molar-refractivity contribution < 1.29 is 4.74 Å². The highest BCUT2D eigenvalue weighted by atomic mass is 16.5. The highest BCUT2D eigenvalue weighted by molar-refractivity contribution is 5.51. The predicted molar refractivity (Wildman–Crippen MR) is 145 cm³/mol. The SMILES string of the molecule is CC(c1cn(C(c2ccccc2)(c2ccccc2)c2ccccc2)cn1)c1cccc2c1OCCC2. The molecular formula is C33H30N2O. The third-order valence-corrected chi connectivity index (χ3v) is 7.44. The summed E-state index contributed by atoms with van der Waals surface area (Å²) in [6, 6.07) is 38.7. The van der Waals surface area contributed by atoms with Gasteiger partial charge in [-0.25, -0.2) is 4.98 Å². The average Bonchev–Trinajstić information content (AvgIpc) is 3.45. The highest BCUT2D eigenvalue weighted by Crippen LogP contribution is 2.42. The van der Waals surface area contributed by atoms with Crippen LogP contribution in [0.5, 0.6) is 5.75 Å². The van der Waals surface area contributed by atoms with Crippen LogP contribution in [-0.2, 0) is 12.0 Å². The van der Waals surface area contributed by atoms with Crippen LogP contribution in [0.4, 0.5) is 0 Å². The van der Waals surface area contributed by atoms with E-state index in [0.717, 1.165) is 30.9 Å². The van der Waals surface area contributed by atoms with E-state index in [1.54, 1.807) is 0 Å². The molecule has 2 heterocycles. The van der Waals surface area contributed by atoms with E-state index in [-0.39, 0.29) is 5.92 Å². The Morgan fingerprint density at radius 3 is 1.92 bits per heavy atom. The molecule has 178 valence electrons. The number of rotatable bonds is 6. The molecule has 6 rings (SSSR count). The van der Waals surface area contributed by atoms with Gasteiger partial charge >= 0.3 is 0 Å². The lowest BCUT2D eigenvalue weighted by Crippen LogP contribution is -2.36. The number of para-hydroxylation sites is 1. The number of imidazole rings is 1. The topological polar surface area (TPSA) is 27.1 Å². The van der Waals surface area contributed by atoms with Gasteiger partial charge in [0.05, 0.1) is 18.6 Å². The van der Waals surface area contributed by atoms with Crippen molar-refractivity contribution in [3.63, 3.8) is 0 Å². The minimum absolute atomic E-state index is 0.110. The fraction of sp³-hybridized carbons (Fsp3) is 0.182. The van der Waals surface area contributed by atoms with Gasteiger partial charge in [-0.15, -0.1) is 0 Å². The minimum Gasteiger partial charge on any atom is -0.493 e. The van der Waals surface area contributed by atoms with Gasteiger partial charge in [0.25, 0.3) is 0 Å². The fourth-order valence-corrected chi connectivity index (χ4v) is 5.65. The van der Waals surface area contributed by atoms with E-state index in [9.17, 15) is 0 Å². The van der Waals surface area contributed by atoms with E-state index in [2.05, 4.69) is 127 Å². The molecule has 0 saturated heterocycles. The first-order valence-corrected chi connectivity index (χ1v) is 12.7. The van der Waals surface area contributed by atoms with Crippen molar-refractivity contribution in [3.05, 3.63) is 155 Å². The van der Waals surface area contributed by atoms with Crippen LogP contribution >= 0.6 is 0 Å². The monoisotopic (exact) mass is 470 g/mol. The Hall–Kier alpha value is -4.11. The van der Waals surface area contributed by atoms with Crippen LogP contribution in [0.1, 0.15) is 52.8 Å². The molecule has 0 N–H and O–H groups in total. The smallest absolute Gasteiger partial charge is 0.126 e. The Morgan fingerprint density at radius 1 is 0.750 bits per heavy atom. The number of aryl methyl sites for hydroxylation is 1. The number of nitrogens with zero attached hydrogens (tertiary/aromatic N) is 2. The molecule has 0 spiro atoms. The van der Waals surface area contributed by atoms with Gasteiger partial charge < -0.3 is 9.30 Å². The number of fused-ring (bicyclic) bond motifs is 1. The van der Waals surface area contributed by atoms with Crippen molar-refractivity contribution in [1.82, 2.24) is 9.55 Å². The first-order valence-electron chi connectivity index (χ1n) is 12.7. The number of benzene rings is 4. The van der Waals surface area contributed by atoms with Crippen LogP contribution in [0.2, 0.25) is 0 Å². The van der Waals surface area contributed by atoms with Crippen molar-refractivity contribution in [2.24, 2.45) is 0 Å². The summed E-state index contributed by atoms with van der Waals surface area (Å²) < 4.78 is 8.43. The summed E-state index contributed by atoms with van der Waals surface area (Å²) >= 11 is 0. The van der Waals surface area contributed by atoms with E-state index in [4.69, 9.17) is 9.72 Å². The van der Waals surface area contributed by atoms with Crippen LogP contribution in [0, 0.1) is 0 Å². The molecule has 4 aromatic carbocycles. The quantitative estimate of drug-likeness (QED) is 0.245. The Morgan fingerprint density at radius 2 is 1.33 bits per heavy atom. The van der Waals surface area contributed by atoms with Crippen LogP contribution < -0.4 is 4.74 Å². The Balaban J connectivity index is 1.54. The molecule has 5 aromatic rings. The zero-order valence-corrected chi connectivity index (χ0v) is 20.5. The number of hydrogen-bond acceptors (Lipinski definition) is 2. The molecular weight excluding hydrogens is 440 g/mol. The van der Waals surface area contributed by atoms with E-state index >= 15 is 0 Å². The Labute approximate surface area is 213 Å². The van der Waals surface area contributed by atoms with Crippen LogP contribution in [-0.4, -0.2) is 16.2 Å². The van der Waals surface area contributed by atoms with Crippen LogP contribution in [0.15, 0.2) is 122 Å². The van der Waals surface area contributed by atoms with Crippen LogP contribution in [0.25, 0.3) is 0 Å². The second kappa shape index (κ2) is 9.50. The highest BCUT2D eigenvalue weighted by Gasteiger charge is 2.38. The molecule has 0 radical (unpaired) electrons. The predicted octanol–water partition coefficient (Wildman–Crippen LogP) is 7.20. The maximum absolute atomic E-state index is 6.14. The molecule has 1 unspecified atom stereocenters. The number of ether oxygens (including phenoxy) is 1. The average molecular weight is 471 g/mol. The standard InChI is InChI=1S/C33H30N2O/c1-25(30-21-11-13-26-14-12-22-36-32(26)30)31-23-35(24-34-31)33(27-15-5-2-6-16-27,28-17-7-3-8-18-28)29-19-9-4-10-20-29/h2-11,13,15-21,23-25H,12,14,22H2,1H3. The Kier molecular flexibility index (Phi) is 5.90. The third kappa shape index (κ3) is 3.72. The maximum atomic E-state index is 6.14. The summed E-state index contributed by atoms with van der Waals surface area (Å²) in [5, 5.41) is 0. The molecule has 0 amide bonds. The van der Waals surface area contributed by atoms with Gasteiger partial charge in [-0.05, 0) is 35.1 Å². The summed E-state index contributed by atoms with van der Waals surface area (Å²) in [7, 11) is 0. The van der Waals surface area contributed by atoms with Crippen molar-refractivity contribution in [2.75, 3.05) is 6.61 Å². The lowest BCUT2D eigenvalue weighted by atomic mass is 9.76. The summed E-state index contributed by atoms with van der Waals surface area (Å²) in [5.74, 6) is 1.16.